The van der Waals surface area contributed by atoms with Crippen LogP contribution >= 0.6 is 0 Å². The third-order valence-electron chi connectivity index (χ3n) is 2.30. The molecular formula is C14H16F3N3O. The maximum absolute atomic E-state index is 12.3. The van der Waals surface area contributed by atoms with Gasteiger partial charge in [-0.05, 0) is 24.6 Å². The summed E-state index contributed by atoms with van der Waals surface area (Å²) in [6.45, 7) is 1.84. The summed E-state index contributed by atoms with van der Waals surface area (Å²) >= 11 is 0. The van der Waals surface area contributed by atoms with E-state index in [0.29, 0.717) is 11.9 Å². The maximum atomic E-state index is 12.3. The van der Waals surface area contributed by atoms with Crippen LogP contribution in [0.4, 0.5) is 19.0 Å². The van der Waals surface area contributed by atoms with Gasteiger partial charge in [-0.1, -0.05) is 6.07 Å². The number of hydrogen-bond acceptors (Lipinski definition) is 4. The topological polar surface area (TPSA) is 45.2 Å². The lowest BCUT2D eigenvalue weighted by atomic mass is 10.2. The van der Waals surface area contributed by atoms with Gasteiger partial charge in [0.15, 0.2) is 0 Å². The molecule has 0 saturated heterocycles. The van der Waals surface area contributed by atoms with E-state index in [2.05, 4.69) is 10.3 Å². The lowest BCUT2D eigenvalue weighted by Gasteiger charge is -2.09. The van der Waals surface area contributed by atoms with Gasteiger partial charge in [0.25, 0.3) is 5.78 Å². The Hall–Kier alpha value is -2.31. The molecule has 0 spiro atoms. The number of carbonyl (C=O) groups excluding carboxylic acids is 1. The van der Waals surface area contributed by atoms with E-state index in [1.54, 1.807) is 37.3 Å². The standard InChI is InChI=1S/C14H16F3N3O/c1-10-4-5-13(18-9-10)19-11(6-7-20(2)3)8-12(21)14(15,16)17/h4-9H,1-3H3,(H,18,19)/b7-6+,11-8-. The van der Waals surface area contributed by atoms with Crippen LogP contribution in [-0.2, 0) is 4.79 Å². The first kappa shape index (κ1) is 16.7. The van der Waals surface area contributed by atoms with E-state index in [9.17, 15) is 18.0 Å². The Balaban J connectivity index is 3.00. The van der Waals surface area contributed by atoms with Gasteiger partial charge in [0, 0.05) is 38.3 Å². The molecule has 21 heavy (non-hydrogen) atoms. The highest BCUT2D eigenvalue weighted by atomic mass is 19.4. The molecule has 1 N–H and O–H groups in total. The van der Waals surface area contributed by atoms with Gasteiger partial charge in [-0.25, -0.2) is 4.98 Å². The minimum Gasteiger partial charge on any atom is -0.383 e. The number of aryl methyl sites for hydroxylation is 1. The largest absolute Gasteiger partial charge is 0.454 e. The van der Waals surface area contributed by atoms with E-state index >= 15 is 0 Å². The van der Waals surface area contributed by atoms with Crippen LogP contribution in [0.2, 0.25) is 0 Å². The number of allylic oxidation sites excluding steroid dienone is 2. The van der Waals surface area contributed by atoms with Gasteiger partial charge in [0.2, 0.25) is 0 Å². The molecule has 1 aromatic rings. The average molecular weight is 299 g/mol. The summed E-state index contributed by atoms with van der Waals surface area (Å²) in [6, 6.07) is 3.37. The van der Waals surface area contributed by atoms with Crippen LogP contribution in [0.1, 0.15) is 5.56 Å². The minimum atomic E-state index is -4.90. The van der Waals surface area contributed by atoms with Crippen LogP contribution < -0.4 is 5.32 Å². The Morgan fingerprint density at radius 1 is 1.33 bits per heavy atom. The Bertz CT molecular complexity index is 546. The zero-order chi connectivity index (χ0) is 16.0. The van der Waals surface area contributed by atoms with Crippen molar-refractivity contribution in [3.63, 3.8) is 0 Å². The number of halogens is 3. The molecule has 0 aliphatic carbocycles. The zero-order valence-corrected chi connectivity index (χ0v) is 11.9. The van der Waals surface area contributed by atoms with Gasteiger partial charge in [-0.15, -0.1) is 0 Å². The van der Waals surface area contributed by atoms with Crippen molar-refractivity contribution in [2.75, 3.05) is 19.4 Å². The lowest BCUT2D eigenvalue weighted by Crippen LogP contribution is -2.21. The van der Waals surface area contributed by atoms with Crippen molar-refractivity contribution >= 4 is 11.6 Å². The van der Waals surface area contributed by atoms with Crippen molar-refractivity contribution in [1.29, 1.82) is 0 Å². The van der Waals surface area contributed by atoms with Gasteiger partial charge in [0.05, 0.1) is 0 Å². The normalized spacial score (nSPS) is 12.6. The predicted octanol–water partition coefficient (Wildman–Crippen LogP) is 2.89. The van der Waals surface area contributed by atoms with E-state index in [4.69, 9.17) is 0 Å². The second kappa shape index (κ2) is 6.92. The summed E-state index contributed by atoms with van der Waals surface area (Å²) in [5.41, 5.74) is 0.920. The SMILES string of the molecule is Cc1ccc(NC(=C\C(=O)C(F)(F)F)/C=C/N(C)C)nc1. The molecule has 0 amide bonds. The monoisotopic (exact) mass is 299 g/mol. The number of pyridine rings is 1. The van der Waals surface area contributed by atoms with Gasteiger partial charge < -0.3 is 10.2 Å². The van der Waals surface area contributed by atoms with E-state index in [1.165, 1.54) is 12.3 Å². The third-order valence-corrected chi connectivity index (χ3v) is 2.30. The predicted molar refractivity (Wildman–Crippen MR) is 74.6 cm³/mol. The number of hydrogen-bond donors (Lipinski definition) is 1. The first-order valence-corrected chi connectivity index (χ1v) is 6.05. The summed E-state index contributed by atoms with van der Waals surface area (Å²) in [7, 11) is 3.42. The van der Waals surface area contributed by atoms with Gasteiger partial charge in [0.1, 0.15) is 5.82 Å². The number of alkyl halides is 3. The minimum absolute atomic E-state index is 0.00220. The maximum Gasteiger partial charge on any atom is 0.454 e. The Labute approximate surface area is 121 Å². The van der Waals surface area contributed by atoms with Gasteiger partial charge in [-0.2, -0.15) is 13.2 Å². The molecule has 1 aromatic heterocycles. The van der Waals surface area contributed by atoms with Crippen LogP contribution in [-0.4, -0.2) is 35.9 Å². The van der Waals surface area contributed by atoms with Crippen molar-refractivity contribution in [2.24, 2.45) is 0 Å². The molecule has 0 bridgehead atoms. The fourth-order valence-electron chi connectivity index (χ4n) is 1.27. The van der Waals surface area contributed by atoms with Crippen molar-refractivity contribution < 1.29 is 18.0 Å². The smallest absolute Gasteiger partial charge is 0.383 e. The Kier molecular flexibility index (Phi) is 5.52. The fraction of sp³-hybridized carbons (Fsp3) is 0.286. The van der Waals surface area contributed by atoms with Crippen molar-refractivity contribution in [1.82, 2.24) is 9.88 Å². The highest BCUT2D eigenvalue weighted by Crippen LogP contribution is 2.18. The van der Waals surface area contributed by atoms with Crippen LogP contribution in [0.15, 0.2) is 42.4 Å². The number of ketones is 1. The molecule has 4 nitrogen and oxygen atoms in total. The van der Waals surface area contributed by atoms with Crippen LogP contribution in [0, 0.1) is 6.92 Å². The molecular weight excluding hydrogens is 283 g/mol. The molecule has 0 fully saturated rings. The van der Waals surface area contributed by atoms with E-state index < -0.39 is 12.0 Å². The molecule has 0 saturated carbocycles. The summed E-state index contributed by atoms with van der Waals surface area (Å²) in [6.07, 6.45) is 0.0597. The van der Waals surface area contributed by atoms with Crippen LogP contribution in [0.5, 0.6) is 0 Å². The van der Waals surface area contributed by atoms with Crippen molar-refractivity contribution in [3.8, 4) is 0 Å². The number of carbonyl (C=O) groups is 1. The number of rotatable bonds is 5. The molecule has 0 aromatic carbocycles. The van der Waals surface area contributed by atoms with Crippen molar-refractivity contribution in [3.05, 3.63) is 47.9 Å². The van der Waals surface area contributed by atoms with E-state index in [-0.39, 0.29) is 5.70 Å². The zero-order valence-electron chi connectivity index (χ0n) is 11.9. The molecule has 1 heterocycles. The van der Waals surface area contributed by atoms with Crippen LogP contribution in [0.3, 0.4) is 0 Å². The summed E-state index contributed by atoms with van der Waals surface area (Å²) in [5.74, 6) is -1.58. The molecule has 114 valence electrons. The number of nitrogens with one attached hydrogen (secondary N) is 1. The fourth-order valence-corrected chi connectivity index (χ4v) is 1.27. The Morgan fingerprint density at radius 3 is 2.48 bits per heavy atom. The number of anilines is 1. The summed E-state index contributed by atoms with van der Waals surface area (Å²) in [4.78, 5) is 16.7. The quantitative estimate of drug-likeness (QED) is 0.671. The highest BCUT2D eigenvalue weighted by Gasteiger charge is 2.36. The molecule has 0 aliphatic rings. The third kappa shape index (κ3) is 6.11. The first-order valence-electron chi connectivity index (χ1n) is 6.05. The molecule has 0 radical (unpaired) electrons. The van der Waals surface area contributed by atoms with E-state index in [1.807, 2.05) is 6.92 Å². The highest BCUT2D eigenvalue weighted by molar-refractivity contribution is 5.95. The molecule has 7 heteroatoms. The summed E-state index contributed by atoms with van der Waals surface area (Å²) < 4.78 is 37.0. The van der Waals surface area contributed by atoms with Gasteiger partial charge >= 0.3 is 6.18 Å². The molecule has 0 unspecified atom stereocenters. The molecule has 0 aliphatic heterocycles. The Morgan fingerprint density at radius 2 is 2.00 bits per heavy atom. The summed E-state index contributed by atoms with van der Waals surface area (Å²) in [5, 5.41) is 2.68. The first-order chi connectivity index (χ1) is 9.68. The average Bonchev–Trinajstić information content (AvgIpc) is 2.37. The second-order valence-electron chi connectivity index (χ2n) is 4.59. The van der Waals surface area contributed by atoms with Gasteiger partial charge in [-0.3, -0.25) is 4.79 Å². The lowest BCUT2D eigenvalue weighted by molar-refractivity contribution is -0.165. The molecule has 0 atom stereocenters. The van der Waals surface area contributed by atoms with Crippen LogP contribution in [0.25, 0.3) is 0 Å². The number of aromatic nitrogens is 1. The number of nitrogens with zero attached hydrogens (tertiary/aromatic N) is 2. The van der Waals surface area contributed by atoms with Crippen molar-refractivity contribution in [2.45, 2.75) is 13.1 Å². The molecule has 1 rings (SSSR count). The van der Waals surface area contributed by atoms with E-state index in [0.717, 1.165) is 5.56 Å². The second-order valence-corrected chi connectivity index (χ2v) is 4.59.